The Morgan fingerprint density at radius 2 is 2.17 bits per heavy atom. The summed E-state index contributed by atoms with van der Waals surface area (Å²) in [5.41, 5.74) is -1.15. The number of urea groups is 1. The van der Waals surface area contributed by atoms with Crippen LogP contribution in [0.3, 0.4) is 0 Å². The van der Waals surface area contributed by atoms with Gasteiger partial charge in [0.05, 0.1) is 13.1 Å². The molecule has 1 N–H and O–H groups in total. The molecule has 0 radical (unpaired) electrons. The van der Waals surface area contributed by atoms with Gasteiger partial charge in [-0.2, -0.15) is 0 Å². The Morgan fingerprint density at radius 1 is 1.58 bits per heavy atom. The molecule has 1 saturated carbocycles. The number of nitrogens with one attached hydrogen (secondary N) is 1. The van der Waals surface area contributed by atoms with Crippen molar-refractivity contribution in [1.82, 2.24) is 10.2 Å². The standard InChI is InChI=1S/C8H13FN2O/c1-8(9)4-11(5-8)7(12)10-6-2-3-6/h6H,2-5H2,1H3,(H,10,12). The van der Waals surface area contributed by atoms with Crippen molar-refractivity contribution in [3.05, 3.63) is 0 Å². The summed E-state index contributed by atoms with van der Waals surface area (Å²) < 4.78 is 12.9. The summed E-state index contributed by atoms with van der Waals surface area (Å²) in [6, 6.07) is 0.261. The van der Waals surface area contributed by atoms with Gasteiger partial charge in [0.2, 0.25) is 0 Å². The molecule has 12 heavy (non-hydrogen) atoms. The predicted octanol–water partition coefficient (Wildman–Crippen LogP) is 0.902. The molecular weight excluding hydrogens is 159 g/mol. The number of hydrogen-bond acceptors (Lipinski definition) is 1. The van der Waals surface area contributed by atoms with E-state index in [-0.39, 0.29) is 19.1 Å². The number of rotatable bonds is 1. The second-order valence-corrected chi connectivity index (χ2v) is 3.99. The van der Waals surface area contributed by atoms with Crippen LogP contribution in [0.15, 0.2) is 0 Å². The number of carbonyl (C=O) groups is 1. The monoisotopic (exact) mass is 172 g/mol. The molecule has 0 spiro atoms. The number of nitrogens with zero attached hydrogens (tertiary/aromatic N) is 1. The highest BCUT2D eigenvalue weighted by Crippen LogP contribution is 2.25. The molecule has 1 aliphatic carbocycles. The summed E-state index contributed by atoms with van der Waals surface area (Å²) in [4.78, 5) is 12.7. The molecule has 2 rings (SSSR count). The topological polar surface area (TPSA) is 32.3 Å². The van der Waals surface area contributed by atoms with Crippen LogP contribution in [-0.4, -0.2) is 35.7 Å². The summed E-state index contributed by atoms with van der Waals surface area (Å²) in [6.45, 7) is 2.00. The van der Waals surface area contributed by atoms with Crippen molar-refractivity contribution in [3.8, 4) is 0 Å². The van der Waals surface area contributed by atoms with Crippen LogP contribution in [0.2, 0.25) is 0 Å². The molecule has 1 aliphatic heterocycles. The maximum Gasteiger partial charge on any atom is 0.317 e. The molecule has 0 aromatic rings. The molecule has 0 bridgehead atoms. The molecule has 0 unspecified atom stereocenters. The number of hydrogen-bond donors (Lipinski definition) is 1. The van der Waals surface area contributed by atoms with Crippen LogP contribution in [0.25, 0.3) is 0 Å². The highest BCUT2D eigenvalue weighted by atomic mass is 19.1. The van der Waals surface area contributed by atoms with E-state index in [9.17, 15) is 9.18 Å². The molecule has 0 aromatic carbocycles. The first-order chi connectivity index (χ1) is 5.57. The van der Waals surface area contributed by atoms with Crippen molar-refractivity contribution in [2.75, 3.05) is 13.1 Å². The van der Waals surface area contributed by atoms with Gasteiger partial charge in [-0.15, -0.1) is 0 Å². The Hall–Kier alpha value is -0.800. The van der Waals surface area contributed by atoms with Gasteiger partial charge in [-0.3, -0.25) is 0 Å². The van der Waals surface area contributed by atoms with E-state index in [1.807, 2.05) is 0 Å². The van der Waals surface area contributed by atoms with E-state index < -0.39 is 5.67 Å². The molecule has 4 heteroatoms. The quantitative estimate of drug-likeness (QED) is 0.626. The fourth-order valence-corrected chi connectivity index (χ4v) is 1.39. The molecule has 68 valence electrons. The first-order valence-electron chi connectivity index (χ1n) is 4.31. The highest BCUT2D eigenvalue weighted by Gasteiger charge is 2.42. The molecular formula is C8H13FN2O. The number of amides is 2. The average molecular weight is 172 g/mol. The van der Waals surface area contributed by atoms with Crippen molar-refractivity contribution < 1.29 is 9.18 Å². The maximum atomic E-state index is 12.9. The van der Waals surface area contributed by atoms with Gasteiger partial charge in [0, 0.05) is 6.04 Å². The van der Waals surface area contributed by atoms with Crippen LogP contribution < -0.4 is 5.32 Å². The fourth-order valence-electron chi connectivity index (χ4n) is 1.39. The fraction of sp³-hybridized carbons (Fsp3) is 0.875. The number of likely N-dealkylation sites (tertiary alicyclic amines) is 1. The molecule has 1 saturated heterocycles. The zero-order valence-electron chi connectivity index (χ0n) is 7.14. The first kappa shape index (κ1) is 7.83. The zero-order valence-corrected chi connectivity index (χ0v) is 7.14. The summed E-state index contributed by atoms with van der Waals surface area (Å²) in [5.74, 6) is 0. The van der Waals surface area contributed by atoms with E-state index in [0.717, 1.165) is 12.8 Å². The summed E-state index contributed by atoms with van der Waals surface area (Å²) >= 11 is 0. The lowest BCUT2D eigenvalue weighted by atomic mass is 10.00. The van der Waals surface area contributed by atoms with E-state index in [0.29, 0.717) is 6.04 Å². The van der Waals surface area contributed by atoms with Crippen molar-refractivity contribution in [2.24, 2.45) is 0 Å². The third-order valence-corrected chi connectivity index (χ3v) is 2.23. The molecule has 2 aliphatic rings. The number of alkyl halides is 1. The maximum absolute atomic E-state index is 12.9. The van der Waals surface area contributed by atoms with Gasteiger partial charge in [-0.25, -0.2) is 9.18 Å². The van der Waals surface area contributed by atoms with Gasteiger partial charge < -0.3 is 10.2 Å². The minimum atomic E-state index is -1.15. The summed E-state index contributed by atoms with van der Waals surface area (Å²) in [5, 5.41) is 2.81. The smallest absolute Gasteiger partial charge is 0.317 e. The van der Waals surface area contributed by atoms with Gasteiger partial charge in [0.1, 0.15) is 5.67 Å². The molecule has 2 amide bonds. The Morgan fingerprint density at radius 3 is 2.58 bits per heavy atom. The lowest BCUT2D eigenvalue weighted by molar-refractivity contribution is 0.01000. The average Bonchev–Trinajstić information content (AvgIpc) is 2.66. The van der Waals surface area contributed by atoms with E-state index in [1.165, 1.54) is 11.8 Å². The highest BCUT2D eigenvalue weighted by molar-refractivity contribution is 5.76. The lowest BCUT2D eigenvalue weighted by Gasteiger charge is -2.41. The molecule has 3 nitrogen and oxygen atoms in total. The molecule has 2 fully saturated rings. The number of carbonyl (C=O) groups excluding carboxylic acids is 1. The summed E-state index contributed by atoms with van der Waals surface area (Å²) in [7, 11) is 0. The van der Waals surface area contributed by atoms with E-state index in [2.05, 4.69) is 5.32 Å². The van der Waals surface area contributed by atoms with Crippen molar-refractivity contribution in [3.63, 3.8) is 0 Å². The minimum Gasteiger partial charge on any atom is -0.335 e. The minimum absolute atomic E-state index is 0.104. The summed E-state index contributed by atoms with van der Waals surface area (Å²) in [6.07, 6.45) is 2.15. The molecule has 1 heterocycles. The van der Waals surface area contributed by atoms with Crippen LogP contribution in [0.5, 0.6) is 0 Å². The van der Waals surface area contributed by atoms with Gasteiger partial charge in [-0.05, 0) is 19.8 Å². The second kappa shape index (κ2) is 2.34. The van der Waals surface area contributed by atoms with Crippen molar-refractivity contribution in [2.45, 2.75) is 31.5 Å². The molecule has 0 atom stereocenters. The third kappa shape index (κ3) is 1.52. The lowest BCUT2D eigenvalue weighted by Crippen LogP contribution is -2.61. The Bertz CT molecular complexity index is 205. The van der Waals surface area contributed by atoms with Crippen LogP contribution in [-0.2, 0) is 0 Å². The SMILES string of the molecule is CC1(F)CN(C(=O)NC2CC2)C1. The van der Waals surface area contributed by atoms with Gasteiger partial charge >= 0.3 is 6.03 Å². The third-order valence-electron chi connectivity index (χ3n) is 2.23. The Labute approximate surface area is 70.9 Å². The van der Waals surface area contributed by atoms with Gasteiger partial charge in [0.25, 0.3) is 0 Å². The normalized spacial score (nSPS) is 26.3. The van der Waals surface area contributed by atoms with E-state index in [1.54, 1.807) is 0 Å². The first-order valence-corrected chi connectivity index (χ1v) is 4.31. The van der Waals surface area contributed by atoms with E-state index in [4.69, 9.17) is 0 Å². The largest absolute Gasteiger partial charge is 0.335 e. The second-order valence-electron chi connectivity index (χ2n) is 3.99. The van der Waals surface area contributed by atoms with Crippen molar-refractivity contribution in [1.29, 1.82) is 0 Å². The van der Waals surface area contributed by atoms with Crippen LogP contribution >= 0.6 is 0 Å². The van der Waals surface area contributed by atoms with Crippen LogP contribution in [0, 0.1) is 0 Å². The van der Waals surface area contributed by atoms with Crippen LogP contribution in [0.4, 0.5) is 9.18 Å². The predicted molar refractivity (Wildman–Crippen MR) is 42.6 cm³/mol. The number of halogens is 1. The van der Waals surface area contributed by atoms with Crippen LogP contribution in [0.1, 0.15) is 19.8 Å². The van der Waals surface area contributed by atoms with E-state index >= 15 is 0 Å². The zero-order chi connectivity index (χ0) is 8.77. The Kier molecular flexibility index (Phi) is 1.53. The Balaban J connectivity index is 1.75. The van der Waals surface area contributed by atoms with Gasteiger partial charge in [-0.1, -0.05) is 0 Å². The van der Waals surface area contributed by atoms with Gasteiger partial charge in [0.15, 0.2) is 0 Å². The van der Waals surface area contributed by atoms with Crippen molar-refractivity contribution >= 4 is 6.03 Å². The molecule has 0 aromatic heterocycles.